The minimum Gasteiger partial charge on any atom is -0.459 e. The van der Waals surface area contributed by atoms with Crippen molar-refractivity contribution < 1.29 is 14.0 Å². The van der Waals surface area contributed by atoms with E-state index in [4.69, 9.17) is 4.42 Å². The highest BCUT2D eigenvalue weighted by Crippen LogP contribution is 2.26. The second-order valence-corrected chi connectivity index (χ2v) is 7.53. The van der Waals surface area contributed by atoms with E-state index >= 15 is 0 Å². The van der Waals surface area contributed by atoms with Crippen molar-refractivity contribution in [2.45, 2.75) is 0 Å². The zero-order valence-electron chi connectivity index (χ0n) is 17.2. The van der Waals surface area contributed by atoms with Crippen molar-refractivity contribution in [2.24, 2.45) is 0 Å². The number of carbonyl (C=O) groups is 2. The van der Waals surface area contributed by atoms with Crippen molar-refractivity contribution in [3.05, 3.63) is 54.5 Å². The molecule has 2 amide bonds. The number of anilines is 2. The lowest BCUT2D eigenvalue weighted by atomic mass is 10.1. The van der Waals surface area contributed by atoms with Gasteiger partial charge in [-0.2, -0.15) is 0 Å². The Kier molecular flexibility index (Phi) is 5.67. The highest BCUT2D eigenvalue weighted by atomic mass is 16.3. The third-order valence-electron chi connectivity index (χ3n) is 5.19. The van der Waals surface area contributed by atoms with Crippen LogP contribution in [0.15, 0.2) is 53.1 Å². The van der Waals surface area contributed by atoms with Gasteiger partial charge in [0.2, 0.25) is 5.91 Å². The smallest absolute Gasteiger partial charge is 0.289 e. The van der Waals surface area contributed by atoms with Gasteiger partial charge in [0.25, 0.3) is 5.91 Å². The molecule has 1 aromatic carbocycles. The Morgan fingerprint density at radius 3 is 2.57 bits per heavy atom. The van der Waals surface area contributed by atoms with E-state index < -0.39 is 0 Å². The molecule has 3 aromatic rings. The zero-order valence-corrected chi connectivity index (χ0v) is 17.2. The summed E-state index contributed by atoms with van der Waals surface area (Å²) in [7, 11) is 3.85. The summed E-state index contributed by atoms with van der Waals surface area (Å²) < 4.78 is 5.19. The van der Waals surface area contributed by atoms with Gasteiger partial charge in [-0.05, 0) is 18.2 Å². The molecule has 1 fully saturated rings. The summed E-state index contributed by atoms with van der Waals surface area (Å²) in [5.74, 6) is 0.946. The standard InChI is InChI=1S/C22H25N5O3/c1-25(2)20-14-18(16-6-3-4-7-17(16)23-20)24-21(28)15-26-9-11-27(12-10-26)22(29)19-8-5-13-30-19/h3-8,13-14H,9-12,15H2,1-2H3,(H,23,24,28). The number of para-hydroxylation sites is 1. The third kappa shape index (κ3) is 4.28. The van der Waals surface area contributed by atoms with Crippen LogP contribution in [0, 0.1) is 0 Å². The molecule has 0 atom stereocenters. The number of fused-ring (bicyclic) bond motifs is 1. The van der Waals surface area contributed by atoms with E-state index in [9.17, 15) is 9.59 Å². The second-order valence-electron chi connectivity index (χ2n) is 7.53. The first-order chi connectivity index (χ1) is 14.5. The number of pyridine rings is 1. The van der Waals surface area contributed by atoms with Crippen molar-refractivity contribution in [1.29, 1.82) is 0 Å². The molecule has 1 aliphatic heterocycles. The van der Waals surface area contributed by atoms with E-state index in [1.165, 1.54) is 6.26 Å². The first kappa shape index (κ1) is 19.9. The number of benzene rings is 1. The van der Waals surface area contributed by atoms with Gasteiger partial charge in [-0.1, -0.05) is 18.2 Å². The predicted molar refractivity (Wildman–Crippen MR) is 116 cm³/mol. The number of carbonyl (C=O) groups excluding carboxylic acids is 2. The van der Waals surface area contributed by atoms with Crippen LogP contribution in [0.3, 0.4) is 0 Å². The molecular formula is C22H25N5O3. The zero-order chi connectivity index (χ0) is 21.1. The molecule has 8 nitrogen and oxygen atoms in total. The summed E-state index contributed by atoms with van der Waals surface area (Å²) in [6.07, 6.45) is 1.50. The Hall–Kier alpha value is -3.39. The topological polar surface area (TPSA) is 81.9 Å². The predicted octanol–water partition coefficient (Wildman–Crippen LogP) is 2.29. The maximum Gasteiger partial charge on any atom is 0.289 e. The molecule has 0 unspecified atom stereocenters. The molecule has 30 heavy (non-hydrogen) atoms. The van der Waals surface area contributed by atoms with Crippen molar-refractivity contribution in [1.82, 2.24) is 14.8 Å². The summed E-state index contributed by atoms with van der Waals surface area (Å²) in [5.41, 5.74) is 1.59. The molecule has 156 valence electrons. The third-order valence-corrected chi connectivity index (χ3v) is 5.19. The van der Waals surface area contributed by atoms with E-state index in [2.05, 4.69) is 15.2 Å². The van der Waals surface area contributed by atoms with Crippen LogP contribution in [0.5, 0.6) is 0 Å². The maximum atomic E-state index is 12.7. The van der Waals surface area contributed by atoms with E-state index in [1.807, 2.05) is 49.3 Å². The van der Waals surface area contributed by atoms with E-state index in [-0.39, 0.29) is 18.4 Å². The molecule has 0 radical (unpaired) electrons. The number of aromatic nitrogens is 1. The molecule has 3 heterocycles. The number of nitrogens with one attached hydrogen (secondary N) is 1. The first-order valence-corrected chi connectivity index (χ1v) is 9.93. The monoisotopic (exact) mass is 407 g/mol. The molecule has 4 rings (SSSR count). The van der Waals surface area contributed by atoms with Crippen LogP contribution >= 0.6 is 0 Å². The lowest BCUT2D eigenvalue weighted by molar-refractivity contribution is -0.117. The minimum absolute atomic E-state index is 0.0816. The van der Waals surface area contributed by atoms with Crippen LogP contribution in [0.2, 0.25) is 0 Å². The van der Waals surface area contributed by atoms with Crippen molar-refractivity contribution in [2.75, 3.05) is 57.0 Å². The fraction of sp³-hybridized carbons (Fsp3) is 0.318. The van der Waals surface area contributed by atoms with Gasteiger partial charge in [0, 0.05) is 51.7 Å². The molecule has 2 aromatic heterocycles. The lowest BCUT2D eigenvalue weighted by Gasteiger charge is -2.33. The largest absolute Gasteiger partial charge is 0.459 e. The average molecular weight is 407 g/mol. The number of piperazine rings is 1. The lowest BCUT2D eigenvalue weighted by Crippen LogP contribution is -2.50. The Morgan fingerprint density at radius 2 is 1.87 bits per heavy atom. The van der Waals surface area contributed by atoms with Crippen molar-refractivity contribution in [3.8, 4) is 0 Å². The highest BCUT2D eigenvalue weighted by Gasteiger charge is 2.24. The van der Waals surface area contributed by atoms with E-state index in [0.717, 1.165) is 22.4 Å². The SMILES string of the molecule is CN(C)c1cc(NC(=O)CN2CCN(C(=O)c3ccco3)CC2)c2ccccc2n1. The molecule has 1 N–H and O–H groups in total. The molecule has 1 saturated heterocycles. The Balaban J connectivity index is 1.38. The second kappa shape index (κ2) is 8.54. The van der Waals surface area contributed by atoms with Gasteiger partial charge < -0.3 is 19.5 Å². The summed E-state index contributed by atoms with van der Waals surface area (Å²) >= 11 is 0. The number of hydrogen-bond donors (Lipinski definition) is 1. The molecule has 8 heteroatoms. The van der Waals surface area contributed by atoms with Crippen LogP contribution in [0.4, 0.5) is 11.5 Å². The average Bonchev–Trinajstić information content (AvgIpc) is 3.28. The van der Waals surface area contributed by atoms with Crippen LogP contribution in [0.1, 0.15) is 10.6 Å². The van der Waals surface area contributed by atoms with Gasteiger partial charge in [-0.15, -0.1) is 0 Å². The molecule has 0 bridgehead atoms. The molecule has 1 aliphatic rings. The molecule has 0 saturated carbocycles. The first-order valence-electron chi connectivity index (χ1n) is 9.93. The van der Waals surface area contributed by atoms with Gasteiger partial charge in [-0.3, -0.25) is 14.5 Å². The highest BCUT2D eigenvalue weighted by molar-refractivity contribution is 6.02. The Morgan fingerprint density at radius 1 is 1.10 bits per heavy atom. The normalized spacial score (nSPS) is 14.7. The minimum atomic E-state index is -0.108. The fourth-order valence-corrected chi connectivity index (χ4v) is 3.55. The van der Waals surface area contributed by atoms with Crippen LogP contribution < -0.4 is 10.2 Å². The van der Waals surface area contributed by atoms with Gasteiger partial charge >= 0.3 is 0 Å². The molecule has 0 spiro atoms. The molecular weight excluding hydrogens is 382 g/mol. The number of furan rings is 1. The molecule has 0 aliphatic carbocycles. The van der Waals surface area contributed by atoms with Gasteiger partial charge in [-0.25, -0.2) is 4.98 Å². The number of nitrogens with zero attached hydrogens (tertiary/aromatic N) is 4. The van der Waals surface area contributed by atoms with Gasteiger partial charge in [0.05, 0.1) is 24.0 Å². The van der Waals surface area contributed by atoms with Crippen molar-refractivity contribution >= 4 is 34.2 Å². The maximum absolute atomic E-state index is 12.7. The van der Waals surface area contributed by atoms with Crippen LogP contribution in [-0.2, 0) is 4.79 Å². The number of rotatable bonds is 5. The van der Waals surface area contributed by atoms with Gasteiger partial charge in [0.15, 0.2) is 5.76 Å². The Labute approximate surface area is 175 Å². The number of amides is 2. The van der Waals surface area contributed by atoms with Crippen LogP contribution in [0.25, 0.3) is 10.9 Å². The Bertz CT molecular complexity index is 1040. The van der Waals surface area contributed by atoms with Crippen LogP contribution in [-0.4, -0.2) is 73.4 Å². The number of hydrogen-bond acceptors (Lipinski definition) is 6. The summed E-state index contributed by atoms with van der Waals surface area (Å²) in [4.78, 5) is 35.4. The van der Waals surface area contributed by atoms with Gasteiger partial charge in [0.1, 0.15) is 5.82 Å². The van der Waals surface area contributed by atoms with Crippen molar-refractivity contribution in [3.63, 3.8) is 0 Å². The summed E-state index contributed by atoms with van der Waals surface area (Å²) in [5, 5.41) is 3.95. The fourth-order valence-electron chi connectivity index (χ4n) is 3.55. The quantitative estimate of drug-likeness (QED) is 0.699. The van der Waals surface area contributed by atoms with E-state index in [0.29, 0.717) is 31.9 Å². The summed E-state index contributed by atoms with van der Waals surface area (Å²) in [6.45, 7) is 2.68. The summed E-state index contributed by atoms with van der Waals surface area (Å²) in [6, 6.07) is 13.0. The van der Waals surface area contributed by atoms with E-state index in [1.54, 1.807) is 17.0 Å².